The fourth-order valence-electron chi connectivity index (χ4n) is 2.43. The molecule has 0 aliphatic carbocycles. The quantitative estimate of drug-likeness (QED) is 0.738. The maximum absolute atomic E-state index is 13.3. The molecule has 0 fully saturated rings. The number of nitrogens with zero attached hydrogens (tertiary/aromatic N) is 1. The van der Waals surface area contributed by atoms with E-state index in [9.17, 15) is 14.0 Å². The van der Waals surface area contributed by atoms with Crippen LogP contribution in [0.3, 0.4) is 0 Å². The minimum atomic E-state index is -0.514. The zero-order chi connectivity index (χ0) is 19.4. The summed E-state index contributed by atoms with van der Waals surface area (Å²) >= 11 is 0. The Bertz CT molecular complexity index is 1120. The topological polar surface area (TPSA) is 95.0 Å². The summed E-state index contributed by atoms with van der Waals surface area (Å²) < 4.78 is 19.1. The number of hydrogen-bond donors (Lipinski definition) is 2. The Morgan fingerprint density at radius 1 is 1.15 bits per heavy atom. The van der Waals surface area contributed by atoms with Gasteiger partial charge in [-0.1, -0.05) is 0 Å². The van der Waals surface area contributed by atoms with E-state index in [4.69, 9.17) is 10.00 Å². The average molecular weight is 363 g/mol. The molecule has 3 rings (SSSR count). The summed E-state index contributed by atoms with van der Waals surface area (Å²) in [5.74, 6) is -0.416. The standard InChI is InChI=1S/C20H14FN3O3/c1-12-8-14(21)3-5-17(12)27-18-9-13(11-22)2-4-16(18)20(26)24-15-6-7-23-19(25)10-15/h2-10H,1H3,(H2,23,24,25,26). The van der Waals surface area contributed by atoms with Crippen molar-refractivity contribution in [1.29, 1.82) is 5.26 Å². The molecule has 0 saturated heterocycles. The summed E-state index contributed by atoms with van der Waals surface area (Å²) in [5.41, 5.74) is 0.969. The lowest BCUT2D eigenvalue weighted by molar-refractivity contribution is 0.102. The third kappa shape index (κ3) is 4.19. The van der Waals surface area contributed by atoms with E-state index in [1.165, 1.54) is 54.7 Å². The average Bonchev–Trinajstić information content (AvgIpc) is 2.64. The first-order chi connectivity index (χ1) is 13.0. The molecule has 0 unspecified atom stereocenters. The summed E-state index contributed by atoms with van der Waals surface area (Å²) in [5, 5.41) is 11.7. The van der Waals surface area contributed by atoms with E-state index in [-0.39, 0.29) is 16.9 Å². The number of aromatic amines is 1. The van der Waals surface area contributed by atoms with Crippen molar-refractivity contribution in [2.75, 3.05) is 5.32 Å². The highest BCUT2D eigenvalue weighted by Gasteiger charge is 2.16. The van der Waals surface area contributed by atoms with Crippen LogP contribution >= 0.6 is 0 Å². The first-order valence-corrected chi connectivity index (χ1v) is 7.94. The Balaban J connectivity index is 1.96. The van der Waals surface area contributed by atoms with Crippen LogP contribution in [0.5, 0.6) is 11.5 Å². The van der Waals surface area contributed by atoms with Gasteiger partial charge in [-0.2, -0.15) is 5.26 Å². The molecule has 1 aromatic heterocycles. The van der Waals surface area contributed by atoms with Gasteiger partial charge in [0.15, 0.2) is 0 Å². The van der Waals surface area contributed by atoms with E-state index in [1.54, 1.807) is 6.92 Å². The molecule has 0 radical (unpaired) electrons. The fourth-order valence-corrected chi connectivity index (χ4v) is 2.43. The van der Waals surface area contributed by atoms with Crippen molar-refractivity contribution in [3.8, 4) is 17.6 Å². The van der Waals surface area contributed by atoms with Gasteiger partial charge in [-0.15, -0.1) is 0 Å². The molecular formula is C20H14FN3O3. The van der Waals surface area contributed by atoms with Gasteiger partial charge in [0, 0.05) is 18.0 Å². The molecule has 3 aromatic rings. The number of H-pyrrole nitrogens is 1. The Kier molecular flexibility index (Phi) is 4.99. The van der Waals surface area contributed by atoms with Gasteiger partial charge >= 0.3 is 0 Å². The number of halogens is 1. The van der Waals surface area contributed by atoms with Crippen molar-refractivity contribution in [1.82, 2.24) is 4.98 Å². The number of aromatic nitrogens is 1. The van der Waals surface area contributed by atoms with Crippen LogP contribution in [0.15, 0.2) is 59.5 Å². The molecule has 0 saturated carbocycles. The number of ether oxygens (including phenoxy) is 1. The molecule has 0 aliphatic rings. The van der Waals surface area contributed by atoms with Gasteiger partial charge in [0.1, 0.15) is 17.3 Å². The van der Waals surface area contributed by atoms with E-state index in [1.807, 2.05) is 6.07 Å². The summed E-state index contributed by atoms with van der Waals surface area (Å²) in [6.07, 6.45) is 1.41. The molecule has 7 heteroatoms. The number of amides is 1. The van der Waals surface area contributed by atoms with E-state index in [0.29, 0.717) is 22.6 Å². The molecule has 2 aromatic carbocycles. The first kappa shape index (κ1) is 17.9. The van der Waals surface area contributed by atoms with Gasteiger partial charge in [0.05, 0.1) is 17.2 Å². The molecule has 0 bridgehead atoms. The van der Waals surface area contributed by atoms with E-state index in [2.05, 4.69) is 10.3 Å². The maximum Gasteiger partial charge on any atom is 0.259 e. The van der Waals surface area contributed by atoms with Crippen LogP contribution < -0.4 is 15.6 Å². The van der Waals surface area contributed by atoms with Crippen LogP contribution in [-0.2, 0) is 0 Å². The molecule has 6 nitrogen and oxygen atoms in total. The van der Waals surface area contributed by atoms with Crippen LogP contribution in [0.25, 0.3) is 0 Å². The lowest BCUT2D eigenvalue weighted by Crippen LogP contribution is -2.15. The second-order valence-electron chi connectivity index (χ2n) is 5.73. The number of rotatable bonds is 4. The van der Waals surface area contributed by atoms with Crippen LogP contribution in [0.2, 0.25) is 0 Å². The lowest BCUT2D eigenvalue weighted by Gasteiger charge is -2.13. The SMILES string of the molecule is Cc1cc(F)ccc1Oc1cc(C#N)ccc1C(=O)Nc1cc[nH]c(=O)c1. The predicted octanol–water partition coefficient (Wildman–Crippen LogP) is 3.74. The Morgan fingerprint density at radius 2 is 1.96 bits per heavy atom. The van der Waals surface area contributed by atoms with E-state index in [0.717, 1.165) is 0 Å². The lowest BCUT2D eigenvalue weighted by atomic mass is 10.1. The van der Waals surface area contributed by atoms with Gasteiger partial charge in [-0.3, -0.25) is 9.59 Å². The minimum absolute atomic E-state index is 0.145. The van der Waals surface area contributed by atoms with Crippen LogP contribution in [0.1, 0.15) is 21.5 Å². The number of pyridine rings is 1. The Morgan fingerprint density at radius 3 is 2.67 bits per heavy atom. The molecule has 0 atom stereocenters. The van der Waals surface area contributed by atoms with Crippen LogP contribution in [-0.4, -0.2) is 10.9 Å². The van der Waals surface area contributed by atoms with Gasteiger partial charge in [-0.05, 0) is 55.0 Å². The largest absolute Gasteiger partial charge is 0.456 e. The van der Waals surface area contributed by atoms with Gasteiger partial charge in [0.25, 0.3) is 5.91 Å². The molecule has 0 spiro atoms. The van der Waals surface area contributed by atoms with E-state index >= 15 is 0 Å². The normalized spacial score (nSPS) is 10.1. The molecule has 27 heavy (non-hydrogen) atoms. The Hall–Kier alpha value is -3.92. The summed E-state index contributed by atoms with van der Waals surface area (Å²) in [7, 11) is 0. The van der Waals surface area contributed by atoms with Crippen LogP contribution in [0.4, 0.5) is 10.1 Å². The highest BCUT2D eigenvalue weighted by Crippen LogP contribution is 2.30. The first-order valence-electron chi connectivity index (χ1n) is 7.94. The number of anilines is 1. The molecule has 0 aliphatic heterocycles. The number of benzene rings is 2. The van der Waals surface area contributed by atoms with Crippen molar-refractivity contribution in [3.05, 3.63) is 87.6 Å². The molecule has 1 heterocycles. The maximum atomic E-state index is 13.3. The zero-order valence-electron chi connectivity index (χ0n) is 14.2. The van der Waals surface area contributed by atoms with Crippen molar-refractivity contribution >= 4 is 11.6 Å². The van der Waals surface area contributed by atoms with Gasteiger partial charge in [0.2, 0.25) is 5.56 Å². The monoisotopic (exact) mass is 363 g/mol. The number of carbonyl (C=O) groups excluding carboxylic acids is 1. The molecular weight excluding hydrogens is 349 g/mol. The number of nitriles is 1. The summed E-state index contributed by atoms with van der Waals surface area (Å²) in [4.78, 5) is 26.5. The second kappa shape index (κ2) is 7.54. The third-order valence-corrected chi connectivity index (χ3v) is 3.75. The van der Waals surface area contributed by atoms with Crippen molar-refractivity contribution < 1.29 is 13.9 Å². The van der Waals surface area contributed by atoms with Crippen molar-refractivity contribution in [2.45, 2.75) is 6.92 Å². The van der Waals surface area contributed by atoms with Gasteiger partial charge < -0.3 is 15.0 Å². The fraction of sp³-hybridized carbons (Fsp3) is 0.0500. The zero-order valence-corrected chi connectivity index (χ0v) is 14.2. The molecule has 1 amide bonds. The summed E-state index contributed by atoms with van der Waals surface area (Å²) in [6, 6.07) is 13.1. The highest BCUT2D eigenvalue weighted by molar-refractivity contribution is 6.06. The third-order valence-electron chi connectivity index (χ3n) is 3.75. The van der Waals surface area contributed by atoms with E-state index < -0.39 is 11.7 Å². The van der Waals surface area contributed by atoms with Crippen molar-refractivity contribution in [2.24, 2.45) is 0 Å². The van der Waals surface area contributed by atoms with Gasteiger partial charge in [-0.25, -0.2) is 4.39 Å². The Labute approximate surface area is 153 Å². The number of nitrogens with one attached hydrogen (secondary N) is 2. The summed E-state index contributed by atoms with van der Waals surface area (Å²) in [6.45, 7) is 1.67. The molecule has 2 N–H and O–H groups in total. The smallest absolute Gasteiger partial charge is 0.259 e. The van der Waals surface area contributed by atoms with Crippen molar-refractivity contribution in [3.63, 3.8) is 0 Å². The number of hydrogen-bond acceptors (Lipinski definition) is 4. The number of carbonyl (C=O) groups is 1. The minimum Gasteiger partial charge on any atom is -0.456 e. The number of aryl methyl sites for hydroxylation is 1. The highest BCUT2D eigenvalue weighted by atomic mass is 19.1. The molecule has 134 valence electrons. The predicted molar refractivity (Wildman–Crippen MR) is 97.4 cm³/mol. The van der Waals surface area contributed by atoms with Crippen LogP contribution in [0, 0.1) is 24.1 Å². The second-order valence-corrected chi connectivity index (χ2v) is 5.73.